The van der Waals surface area contributed by atoms with E-state index in [1.807, 2.05) is 12.1 Å². The monoisotopic (exact) mass is 274 g/mol. The van der Waals surface area contributed by atoms with Crippen LogP contribution < -0.4 is 4.90 Å². The lowest BCUT2D eigenvalue weighted by Gasteiger charge is -2.34. The van der Waals surface area contributed by atoms with Crippen LogP contribution in [0.3, 0.4) is 0 Å². The maximum absolute atomic E-state index is 9.15. The summed E-state index contributed by atoms with van der Waals surface area (Å²) in [5.41, 5.74) is 1.64. The predicted octanol–water partition coefficient (Wildman–Crippen LogP) is 2.24. The molecule has 5 heteroatoms. The third-order valence-corrected chi connectivity index (χ3v) is 3.83. The van der Waals surface area contributed by atoms with Crippen LogP contribution in [-0.4, -0.2) is 43.2 Å². The summed E-state index contributed by atoms with van der Waals surface area (Å²) in [6.07, 6.45) is 0. The Morgan fingerprint density at radius 3 is 2.12 bits per heavy atom. The number of piperazine rings is 1. The summed E-state index contributed by atoms with van der Waals surface area (Å²) in [7, 11) is 2.12. The van der Waals surface area contributed by atoms with E-state index in [2.05, 4.69) is 16.8 Å². The highest BCUT2D eigenvalue weighted by Gasteiger charge is 2.16. The first-order chi connectivity index (χ1) is 8.11. The molecule has 0 bridgehead atoms. The molecular weight excluding hydrogens is 259 g/mol. The highest BCUT2D eigenvalue weighted by atomic mass is 35.5. The highest BCUT2D eigenvalue weighted by Crippen LogP contribution is 2.31. The molecule has 0 radical (unpaired) electrons. The van der Waals surface area contributed by atoms with Gasteiger partial charge in [-0.3, -0.25) is 0 Å². The van der Waals surface area contributed by atoms with Gasteiger partial charge >= 0.3 is 0 Å². The molecule has 1 aliphatic rings. The van der Waals surface area contributed by atoms with Gasteiger partial charge in [-0.1, -0.05) is 23.2 Å². The van der Waals surface area contributed by atoms with Crippen molar-refractivity contribution in [3.05, 3.63) is 27.7 Å². The third kappa shape index (κ3) is 2.86. The zero-order valence-corrected chi connectivity index (χ0v) is 11.3. The molecule has 1 saturated heterocycles. The standard InChI is InChI=1S/C12H16Cl2N2O/c1-15-2-4-16(5-3-15)9-6-11(13)10(8-17)12(14)7-9/h6-7,17H,2-5,8H2,1H3. The van der Waals surface area contributed by atoms with E-state index in [1.165, 1.54) is 0 Å². The van der Waals surface area contributed by atoms with Gasteiger partial charge in [0.05, 0.1) is 6.61 Å². The van der Waals surface area contributed by atoms with Crippen molar-refractivity contribution in [2.75, 3.05) is 38.1 Å². The maximum atomic E-state index is 9.15. The number of halogens is 2. The van der Waals surface area contributed by atoms with Crippen molar-refractivity contribution in [2.45, 2.75) is 6.61 Å². The Morgan fingerprint density at radius 1 is 1.12 bits per heavy atom. The number of likely N-dealkylation sites (N-methyl/N-ethyl adjacent to an activating group) is 1. The van der Waals surface area contributed by atoms with Gasteiger partial charge in [0.15, 0.2) is 0 Å². The zero-order chi connectivity index (χ0) is 12.4. The van der Waals surface area contributed by atoms with Crippen molar-refractivity contribution >= 4 is 28.9 Å². The lowest BCUT2D eigenvalue weighted by molar-refractivity contribution is 0.282. The molecule has 0 saturated carbocycles. The maximum Gasteiger partial charge on any atom is 0.0711 e. The third-order valence-electron chi connectivity index (χ3n) is 3.15. The van der Waals surface area contributed by atoms with E-state index in [0.29, 0.717) is 15.6 Å². The van der Waals surface area contributed by atoms with E-state index in [9.17, 15) is 0 Å². The number of anilines is 1. The number of nitrogens with zero attached hydrogens (tertiary/aromatic N) is 2. The van der Waals surface area contributed by atoms with Crippen LogP contribution in [0, 0.1) is 0 Å². The molecule has 1 aliphatic heterocycles. The molecule has 17 heavy (non-hydrogen) atoms. The summed E-state index contributed by atoms with van der Waals surface area (Å²) >= 11 is 12.2. The number of hydrogen-bond donors (Lipinski definition) is 1. The van der Waals surface area contributed by atoms with Gasteiger partial charge < -0.3 is 14.9 Å². The van der Waals surface area contributed by atoms with Crippen LogP contribution in [0.15, 0.2) is 12.1 Å². The second-order valence-corrected chi connectivity index (χ2v) is 5.15. The Hall–Kier alpha value is -0.480. The second kappa shape index (κ2) is 5.44. The zero-order valence-electron chi connectivity index (χ0n) is 9.79. The van der Waals surface area contributed by atoms with Crippen LogP contribution >= 0.6 is 23.2 Å². The quantitative estimate of drug-likeness (QED) is 0.896. The van der Waals surface area contributed by atoms with E-state index in [0.717, 1.165) is 31.9 Å². The van der Waals surface area contributed by atoms with Crippen molar-refractivity contribution in [1.29, 1.82) is 0 Å². The lowest BCUT2D eigenvalue weighted by Crippen LogP contribution is -2.44. The van der Waals surface area contributed by atoms with Gasteiger partial charge in [-0.05, 0) is 19.2 Å². The fourth-order valence-corrected chi connectivity index (χ4v) is 2.58. The normalized spacial score (nSPS) is 17.5. The van der Waals surface area contributed by atoms with Crippen LogP contribution in [0.5, 0.6) is 0 Å². The van der Waals surface area contributed by atoms with Gasteiger partial charge in [0.2, 0.25) is 0 Å². The second-order valence-electron chi connectivity index (χ2n) is 4.34. The molecule has 3 nitrogen and oxygen atoms in total. The van der Waals surface area contributed by atoms with Gasteiger partial charge in [0, 0.05) is 47.5 Å². The molecule has 1 fully saturated rings. The summed E-state index contributed by atoms with van der Waals surface area (Å²) in [4.78, 5) is 4.56. The Bertz CT molecular complexity index is 380. The van der Waals surface area contributed by atoms with Crippen molar-refractivity contribution in [1.82, 2.24) is 4.90 Å². The average Bonchev–Trinajstić information content (AvgIpc) is 2.29. The number of hydrogen-bond acceptors (Lipinski definition) is 3. The molecule has 1 aromatic rings. The molecule has 1 N–H and O–H groups in total. The van der Waals surface area contributed by atoms with E-state index in [4.69, 9.17) is 28.3 Å². The fraction of sp³-hybridized carbons (Fsp3) is 0.500. The molecule has 1 aromatic carbocycles. The van der Waals surface area contributed by atoms with Gasteiger partial charge in [-0.25, -0.2) is 0 Å². The highest BCUT2D eigenvalue weighted by molar-refractivity contribution is 6.36. The lowest BCUT2D eigenvalue weighted by atomic mass is 10.2. The Balaban J connectivity index is 2.22. The first-order valence-corrected chi connectivity index (χ1v) is 6.39. The molecule has 0 unspecified atom stereocenters. The number of benzene rings is 1. The fourth-order valence-electron chi connectivity index (χ4n) is 1.99. The Morgan fingerprint density at radius 2 is 1.65 bits per heavy atom. The van der Waals surface area contributed by atoms with Crippen LogP contribution in [0.25, 0.3) is 0 Å². The molecule has 1 heterocycles. The molecule has 0 spiro atoms. The summed E-state index contributed by atoms with van der Waals surface area (Å²) in [6.45, 7) is 3.90. The number of aliphatic hydroxyl groups is 1. The summed E-state index contributed by atoms with van der Waals surface area (Å²) < 4.78 is 0. The molecular formula is C12H16Cl2N2O. The van der Waals surface area contributed by atoms with Gasteiger partial charge in [-0.2, -0.15) is 0 Å². The summed E-state index contributed by atoms with van der Waals surface area (Å²) in [6, 6.07) is 3.76. The van der Waals surface area contributed by atoms with E-state index in [-0.39, 0.29) is 6.61 Å². The summed E-state index contributed by atoms with van der Waals surface area (Å²) in [5.74, 6) is 0. The first kappa shape index (κ1) is 13.0. The minimum absolute atomic E-state index is 0.124. The molecule has 94 valence electrons. The van der Waals surface area contributed by atoms with Gasteiger partial charge in [0.1, 0.15) is 0 Å². The van der Waals surface area contributed by atoms with Crippen LogP contribution in [0.2, 0.25) is 10.0 Å². The SMILES string of the molecule is CN1CCN(c2cc(Cl)c(CO)c(Cl)c2)CC1. The molecule has 2 rings (SSSR count). The topological polar surface area (TPSA) is 26.7 Å². The number of rotatable bonds is 2. The van der Waals surface area contributed by atoms with Gasteiger partial charge in [0.25, 0.3) is 0 Å². The Kier molecular flexibility index (Phi) is 4.15. The largest absolute Gasteiger partial charge is 0.392 e. The van der Waals surface area contributed by atoms with Crippen molar-refractivity contribution < 1.29 is 5.11 Å². The minimum atomic E-state index is -0.124. The van der Waals surface area contributed by atoms with E-state index in [1.54, 1.807) is 0 Å². The molecule has 0 atom stereocenters. The van der Waals surface area contributed by atoms with Crippen molar-refractivity contribution in [3.63, 3.8) is 0 Å². The van der Waals surface area contributed by atoms with Crippen LogP contribution in [0.1, 0.15) is 5.56 Å². The summed E-state index contributed by atoms with van der Waals surface area (Å²) in [5, 5.41) is 10.2. The first-order valence-electron chi connectivity index (χ1n) is 5.64. The van der Waals surface area contributed by atoms with Crippen LogP contribution in [0.4, 0.5) is 5.69 Å². The smallest absolute Gasteiger partial charge is 0.0711 e. The molecule has 0 amide bonds. The van der Waals surface area contributed by atoms with Crippen molar-refractivity contribution in [2.24, 2.45) is 0 Å². The predicted molar refractivity (Wildman–Crippen MR) is 72.1 cm³/mol. The molecule has 0 aliphatic carbocycles. The van der Waals surface area contributed by atoms with E-state index < -0.39 is 0 Å². The minimum Gasteiger partial charge on any atom is -0.392 e. The Labute approximate surface area is 112 Å². The van der Waals surface area contributed by atoms with Gasteiger partial charge in [-0.15, -0.1) is 0 Å². The van der Waals surface area contributed by atoms with Crippen molar-refractivity contribution in [3.8, 4) is 0 Å². The van der Waals surface area contributed by atoms with E-state index >= 15 is 0 Å². The van der Waals surface area contributed by atoms with Crippen LogP contribution in [-0.2, 0) is 6.61 Å². The average molecular weight is 275 g/mol. The molecule has 0 aromatic heterocycles. The number of aliphatic hydroxyl groups excluding tert-OH is 1.